The monoisotopic (exact) mass is 245 g/mol. The van der Waals surface area contributed by atoms with E-state index in [9.17, 15) is 9.59 Å². The second kappa shape index (κ2) is 6.62. The minimum atomic E-state index is -1.01. The first kappa shape index (κ1) is 12.3. The Morgan fingerprint density at radius 1 is 1.31 bits per heavy atom. The molecular formula is C9H8ClNO5. The minimum Gasteiger partial charge on any atom is -0.424 e. The van der Waals surface area contributed by atoms with Crippen LogP contribution in [0.1, 0.15) is 10.4 Å². The van der Waals surface area contributed by atoms with Crippen molar-refractivity contribution in [2.75, 3.05) is 12.9 Å². The Morgan fingerprint density at radius 3 is 2.75 bits per heavy atom. The SMILES string of the molecule is O=C(OCCl)OCOC(=O)c1cccnc1. The second-order valence-corrected chi connectivity index (χ2v) is 2.66. The fourth-order valence-corrected chi connectivity index (χ4v) is 0.873. The van der Waals surface area contributed by atoms with E-state index >= 15 is 0 Å². The Morgan fingerprint density at radius 2 is 2.12 bits per heavy atom. The highest BCUT2D eigenvalue weighted by molar-refractivity contribution is 6.17. The predicted octanol–water partition coefficient (Wildman–Crippen LogP) is 1.55. The van der Waals surface area contributed by atoms with Gasteiger partial charge in [0.05, 0.1) is 5.56 Å². The molecule has 0 aliphatic carbocycles. The van der Waals surface area contributed by atoms with Crippen LogP contribution in [0.2, 0.25) is 0 Å². The number of carbonyl (C=O) groups is 2. The lowest BCUT2D eigenvalue weighted by molar-refractivity contribution is -0.0236. The van der Waals surface area contributed by atoms with Gasteiger partial charge in [-0.3, -0.25) is 4.98 Å². The molecule has 0 radical (unpaired) electrons. The Bertz CT molecular complexity index is 356. The molecule has 1 heterocycles. The lowest BCUT2D eigenvalue weighted by Crippen LogP contribution is -2.13. The molecule has 0 amide bonds. The number of pyridine rings is 1. The van der Waals surface area contributed by atoms with Crippen molar-refractivity contribution >= 4 is 23.7 Å². The number of hydrogen-bond acceptors (Lipinski definition) is 6. The van der Waals surface area contributed by atoms with Crippen molar-refractivity contribution in [3.05, 3.63) is 30.1 Å². The fourth-order valence-electron chi connectivity index (χ4n) is 0.784. The van der Waals surface area contributed by atoms with E-state index in [0.29, 0.717) is 0 Å². The summed E-state index contributed by atoms with van der Waals surface area (Å²) < 4.78 is 13.2. The lowest BCUT2D eigenvalue weighted by Gasteiger charge is -2.04. The van der Waals surface area contributed by atoms with E-state index in [2.05, 4.69) is 19.2 Å². The van der Waals surface area contributed by atoms with E-state index in [-0.39, 0.29) is 11.6 Å². The Balaban J connectivity index is 2.29. The van der Waals surface area contributed by atoms with Gasteiger partial charge < -0.3 is 14.2 Å². The van der Waals surface area contributed by atoms with E-state index in [0.717, 1.165) is 0 Å². The molecule has 0 unspecified atom stereocenters. The first-order valence-corrected chi connectivity index (χ1v) is 4.70. The normalized spacial score (nSPS) is 9.31. The third kappa shape index (κ3) is 4.14. The van der Waals surface area contributed by atoms with Crippen LogP contribution >= 0.6 is 11.6 Å². The zero-order chi connectivity index (χ0) is 11.8. The van der Waals surface area contributed by atoms with Gasteiger partial charge >= 0.3 is 12.1 Å². The van der Waals surface area contributed by atoms with Gasteiger partial charge in [0.15, 0.2) is 6.07 Å². The quantitative estimate of drug-likeness (QED) is 0.455. The smallest absolute Gasteiger partial charge is 0.424 e. The van der Waals surface area contributed by atoms with Gasteiger partial charge in [0.1, 0.15) is 0 Å². The molecular weight excluding hydrogens is 238 g/mol. The summed E-state index contributed by atoms with van der Waals surface area (Å²) in [7, 11) is 0. The number of hydrogen-bond donors (Lipinski definition) is 0. The summed E-state index contributed by atoms with van der Waals surface area (Å²) in [6.07, 6.45) is 1.85. The predicted molar refractivity (Wildman–Crippen MR) is 52.8 cm³/mol. The maximum absolute atomic E-state index is 11.3. The summed E-state index contributed by atoms with van der Waals surface area (Å²) in [5, 5.41) is 0. The summed E-state index contributed by atoms with van der Waals surface area (Å²) in [5.41, 5.74) is 0.261. The Labute approximate surface area is 96.1 Å². The van der Waals surface area contributed by atoms with Crippen molar-refractivity contribution in [3.63, 3.8) is 0 Å². The van der Waals surface area contributed by atoms with Crippen LogP contribution in [0.4, 0.5) is 4.79 Å². The molecule has 0 bridgehead atoms. The number of halogens is 1. The van der Waals surface area contributed by atoms with Crippen LogP contribution in [0, 0.1) is 0 Å². The Hall–Kier alpha value is -1.82. The van der Waals surface area contributed by atoms with Gasteiger partial charge in [-0.1, -0.05) is 11.6 Å². The number of esters is 1. The lowest BCUT2D eigenvalue weighted by atomic mass is 10.3. The molecule has 0 aliphatic rings. The average molecular weight is 246 g/mol. The third-order valence-corrected chi connectivity index (χ3v) is 1.55. The molecule has 0 N–H and O–H groups in total. The highest BCUT2D eigenvalue weighted by Crippen LogP contribution is 1.99. The third-order valence-electron chi connectivity index (χ3n) is 1.44. The van der Waals surface area contributed by atoms with Crippen LogP contribution in [0.5, 0.6) is 0 Å². The summed E-state index contributed by atoms with van der Waals surface area (Å²) in [6, 6.07) is 2.78. The van der Waals surface area contributed by atoms with Gasteiger partial charge in [-0.2, -0.15) is 0 Å². The van der Waals surface area contributed by atoms with Crippen molar-refractivity contribution in [2.45, 2.75) is 0 Å². The first-order valence-electron chi connectivity index (χ1n) is 4.16. The van der Waals surface area contributed by atoms with Gasteiger partial charge in [0.2, 0.25) is 6.79 Å². The number of alkyl halides is 1. The zero-order valence-electron chi connectivity index (χ0n) is 8.09. The summed E-state index contributed by atoms with van der Waals surface area (Å²) >= 11 is 5.09. The minimum absolute atomic E-state index is 0.261. The summed E-state index contributed by atoms with van der Waals surface area (Å²) in [6.45, 7) is -0.538. The van der Waals surface area contributed by atoms with Gasteiger partial charge in [0.25, 0.3) is 0 Å². The molecule has 0 spiro atoms. The molecule has 7 heteroatoms. The number of carbonyl (C=O) groups excluding carboxylic acids is 2. The van der Waals surface area contributed by atoms with Crippen LogP contribution in [0.3, 0.4) is 0 Å². The van der Waals surface area contributed by atoms with Crippen molar-refractivity contribution in [2.24, 2.45) is 0 Å². The van der Waals surface area contributed by atoms with E-state index in [4.69, 9.17) is 11.6 Å². The van der Waals surface area contributed by atoms with E-state index < -0.39 is 18.9 Å². The molecule has 0 fully saturated rings. The molecule has 0 aliphatic heterocycles. The molecule has 86 valence electrons. The zero-order valence-corrected chi connectivity index (χ0v) is 8.85. The van der Waals surface area contributed by atoms with Crippen molar-refractivity contribution in [1.82, 2.24) is 4.98 Å². The molecule has 0 saturated heterocycles. The molecule has 16 heavy (non-hydrogen) atoms. The molecule has 0 aromatic carbocycles. The number of ether oxygens (including phenoxy) is 3. The highest BCUT2D eigenvalue weighted by Gasteiger charge is 2.08. The van der Waals surface area contributed by atoms with Crippen molar-refractivity contribution in [3.8, 4) is 0 Å². The van der Waals surface area contributed by atoms with Crippen LogP contribution < -0.4 is 0 Å². The van der Waals surface area contributed by atoms with Crippen LogP contribution in [-0.4, -0.2) is 30.0 Å². The Kier molecular flexibility index (Phi) is 5.07. The average Bonchev–Trinajstić information content (AvgIpc) is 2.30. The number of nitrogens with zero attached hydrogens (tertiary/aromatic N) is 1. The molecule has 1 aromatic rings. The van der Waals surface area contributed by atoms with Gasteiger partial charge in [-0.05, 0) is 12.1 Å². The van der Waals surface area contributed by atoms with Crippen LogP contribution in [0.25, 0.3) is 0 Å². The van der Waals surface area contributed by atoms with Crippen LogP contribution in [-0.2, 0) is 14.2 Å². The van der Waals surface area contributed by atoms with Crippen molar-refractivity contribution < 1.29 is 23.8 Å². The maximum Gasteiger partial charge on any atom is 0.512 e. The van der Waals surface area contributed by atoms with Gasteiger partial charge in [-0.25, -0.2) is 9.59 Å². The summed E-state index contributed by atoms with van der Waals surface area (Å²) in [4.78, 5) is 25.6. The van der Waals surface area contributed by atoms with Crippen LogP contribution in [0.15, 0.2) is 24.5 Å². The van der Waals surface area contributed by atoms with Crippen molar-refractivity contribution in [1.29, 1.82) is 0 Å². The largest absolute Gasteiger partial charge is 0.512 e. The topological polar surface area (TPSA) is 74.7 Å². The standard InChI is InChI=1S/C9H8ClNO5/c10-5-14-9(13)16-6-15-8(12)7-2-1-3-11-4-7/h1-4H,5-6H2. The summed E-state index contributed by atoms with van der Waals surface area (Å²) in [5.74, 6) is -0.647. The molecule has 0 saturated carbocycles. The molecule has 0 atom stereocenters. The molecule has 1 rings (SSSR count). The molecule has 1 aromatic heterocycles. The van der Waals surface area contributed by atoms with Gasteiger partial charge in [0, 0.05) is 12.4 Å². The second-order valence-electron chi connectivity index (χ2n) is 2.44. The molecule has 6 nitrogen and oxygen atoms in total. The maximum atomic E-state index is 11.3. The fraction of sp³-hybridized carbons (Fsp3) is 0.222. The van der Waals surface area contributed by atoms with E-state index in [1.165, 1.54) is 18.5 Å². The number of aromatic nitrogens is 1. The van der Waals surface area contributed by atoms with Gasteiger partial charge in [-0.15, -0.1) is 0 Å². The highest BCUT2D eigenvalue weighted by atomic mass is 35.5. The van der Waals surface area contributed by atoms with E-state index in [1.54, 1.807) is 6.07 Å². The first-order chi connectivity index (χ1) is 7.74. The number of rotatable bonds is 4. The van der Waals surface area contributed by atoms with E-state index in [1.807, 2.05) is 0 Å².